The monoisotopic (exact) mass is 422 g/mol. The Kier molecular flexibility index (Phi) is 6.32. The topological polar surface area (TPSA) is 64.3 Å². The Morgan fingerprint density at radius 3 is 2.43 bits per heavy atom. The summed E-state index contributed by atoms with van der Waals surface area (Å²) in [6.07, 6.45) is 8.26. The number of aromatic nitrogens is 2. The van der Waals surface area contributed by atoms with E-state index in [1.807, 2.05) is 60.6 Å². The minimum absolute atomic E-state index is 0.390. The zero-order valence-corrected chi connectivity index (χ0v) is 18.1. The van der Waals surface area contributed by atoms with Crippen LogP contribution in [0.5, 0.6) is 5.75 Å². The van der Waals surface area contributed by atoms with E-state index in [2.05, 4.69) is 6.07 Å². The van der Waals surface area contributed by atoms with Crippen molar-refractivity contribution in [2.75, 3.05) is 14.2 Å². The highest BCUT2D eigenvalue weighted by Gasteiger charge is 2.26. The minimum atomic E-state index is 0.390. The van der Waals surface area contributed by atoms with Crippen molar-refractivity contribution in [2.24, 2.45) is 5.84 Å². The third-order valence-electron chi connectivity index (χ3n) is 5.90. The number of benzene rings is 2. The number of hydrazine groups is 1. The molecule has 0 unspecified atom stereocenters. The summed E-state index contributed by atoms with van der Waals surface area (Å²) in [7, 11) is 3.64. The minimum Gasteiger partial charge on any atom is -0.497 e. The fraction of sp³-hybridized carbons (Fsp3) is 0.333. The van der Waals surface area contributed by atoms with Crippen molar-refractivity contribution in [3.05, 3.63) is 64.6 Å². The molecule has 5 nitrogen and oxygen atoms in total. The zero-order chi connectivity index (χ0) is 21.1. The van der Waals surface area contributed by atoms with Crippen molar-refractivity contribution >= 4 is 34.7 Å². The Hall–Kier alpha value is -2.47. The van der Waals surface area contributed by atoms with Crippen molar-refractivity contribution in [3.8, 4) is 5.75 Å². The summed E-state index contributed by atoms with van der Waals surface area (Å²) in [5, 5.41) is 3.64. The third kappa shape index (κ3) is 4.64. The lowest BCUT2D eigenvalue weighted by Crippen LogP contribution is -2.39. The number of hydrogen-bond donors (Lipinski definition) is 1. The largest absolute Gasteiger partial charge is 0.497 e. The molecule has 1 aliphatic rings. The molecule has 2 aromatic carbocycles. The quantitative estimate of drug-likeness (QED) is 0.446. The van der Waals surface area contributed by atoms with Crippen molar-refractivity contribution in [1.82, 2.24) is 15.0 Å². The van der Waals surface area contributed by atoms with Gasteiger partial charge in [0.25, 0.3) is 0 Å². The van der Waals surface area contributed by atoms with Crippen LogP contribution in [0.2, 0.25) is 5.02 Å². The first-order valence-corrected chi connectivity index (χ1v) is 10.7. The normalized spacial score (nSPS) is 19.6. The lowest BCUT2D eigenvalue weighted by molar-refractivity contribution is 0.185. The van der Waals surface area contributed by atoms with Gasteiger partial charge in [-0.2, -0.15) is 0 Å². The van der Waals surface area contributed by atoms with Crippen LogP contribution in [-0.2, 0) is 0 Å². The summed E-state index contributed by atoms with van der Waals surface area (Å²) >= 11 is 5.99. The number of hydrogen-bond acceptors (Lipinski definition) is 5. The number of halogens is 1. The maximum absolute atomic E-state index is 5.99. The molecule has 6 heteroatoms. The molecule has 156 valence electrons. The molecular weight excluding hydrogens is 396 g/mol. The van der Waals surface area contributed by atoms with Crippen LogP contribution in [0.15, 0.2) is 42.5 Å². The molecule has 1 aromatic heterocycles. The van der Waals surface area contributed by atoms with Crippen molar-refractivity contribution in [1.29, 1.82) is 0 Å². The van der Waals surface area contributed by atoms with E-state index < -0.39 is 0 Å². The van der Waals surface area contributed by atoms with Crippen LogP contribution in [0.4, 0.5) is 0 Å². The van der Waals surface area contributed by atoms with E-state index in [1.54, 1.807) is 7.11 Å². The molecule has 1 aliphatic carbocycles. The van der Waals surface area contributed by atoms with Crippen LogP contribution < -0.4 is 10.6 Å². The van der Waals surface area contributed by atoms with Crippen LogP contribution >= 0.6 is 11.6 Å². The highest BCUT2D eigenvalue weighted by atomic mass is 35.5. The zero-order valence-electron chi connectivity index (χ0n) is 17.4. The van der Waals surface area contributed by atoms with Gasteiger partial charge in [-0.1, -0.05) is 29.8 Å². The fourth-order valence-electron chi connectivity index (χ4n) is 4.16. The second-order valence-electron chi connectivity index (χ2n) is 7.91. The maximum atomic E-state index is 5.99. The predicted molar refractivity (Wildman–Crippen MR) is 123 cm³/mol. The molecule has 1 heterocycles. The standard InChI is InChI=1S/C24H27ClN4O/c1-29(26)19-10-6-17(7-11-19)24-21-15-20(30-2)12-13-22(21)27-23(28-24)14-5-16-3-8-18(25)9-4-16/h3-5,8-9,12-15,17,19H,6-7,10-11,26H2,1-2H3/b14-5-. The van der Waals surface area contributed by atoms with E-state index in [0.717, 1.165) is 64.4 Å². The van der Waals surface area contributed by atoms with Gasteiger partial charge in [0.2, 0.25) is 0 Å². The van der Waals surface area contributed by atoms with E-state index in [-0.39, 0.29) is 0 Å². The highest BCUT2D eigenvalue weighted by Crippen LogP contribution is 2.37. The second kappa shape index (κ2) is 9.13. The molecule has 0 amide bonds. The molecule has 0 spiro atoms. The summed E-state index contributed by atoms with van der Waals surface area (Å²) in [4.78, 5) is 9.75. The SMILES string of the molecule is COc1ccc2nc(/C=C\c3ccc(Cl)cc3)nc(C3CCC(N(C)N)CC3)c2c1. The van der Waals surface area contributed by atoms with Gasteiger partial charge in [-0.05, 0) is 67.7 Å². The lowest BCUT2D eigenvalue weighted by Gasteiger charge is -2.32. The first-order chi connectivity index (χ1) is 14.5. The molecule has 0 radical (unpaired) electrons. The summed E-state index contributed by atoms with van der Waals surface area (Å²) in [5.74, 6) is 7.92. The Labute approximate surface area is 182 Å². The van der Waals surface area contributed by atoms with Crippen LogP contribution in [0, 0.1) is 0 Å². The molecule has 30 heavy (non-hydrogen) atoms. The number of rotatable bonds is 5. The molecule has 2 N–H and O–H groups in total. The number of fused-ring (bicyclic) bond motifs is 1. The summed E-state index contributed by atoms with van der Waals surface area (Å²) in [6.45, 7) is 0. The summed E-state index contributed by atoms with van der Waals surface area (Å²) in [6, 6.07) is 14.2. The first kappa shape index (κ1) is 20.8. The van der Waals surface area contributed by atoms with Gasteiger partial charge in [0.1, 0.15) is 5.75 Å². The fourth-order valence-corrected chi connectivity index (χ4v) is 4.29. The average molecular weight is 423 g/mol. The van der Waals surface area contributed by atoms with Gasteiger partial charge in [0.15, 0.2) is 5.82 Å². The van der Waals surface area contributed by atoms with Gasteiger partial charge < -0.3 is 4.74 Å². The van der Waals surface area contributed by atoms with Crippen molar-refractivity contribution in [2.45, 2.75) is 37.6 Å². The van der Waals surface area contributed by atoms with E-state index >= 15 is 0 Å². The molecule has 0 saturated heterocycles. The van der Waals surface area contributed by atoms with Crippen LogP contribution in [0.3, 0.4) is 0 Å². The number of nitrogens with zero attached hydrogens (tertiary/aromatic N) is 3. The molecule has 3 aromatic rings. The second-order valence-corrected chi connectivity index (χ2v) is 8.34. The molecule has 4 rings (SSSR count). The maximum Gasteiger partial charge on any atom is 0.152 e. The van der Waals surface area contributed by atoms with Crippen LogP contribution in [-0.4, -0.2) is 35.2 Å². The summed E-state index contributed by atoms with van der Waals surface area (Å²) < 4.78 is 5.45. The van der Waals surface area contributed by atoms with Gasteiger partial charge >= 0.3 is 0 Å². The number of ether oxygens (including phenoxy) is 1. The predicted octanol–water partition coefficient (Wildman–Crippen LogP) is 5.29. The molecular formula is C24H27ClN4O. The Morgan fingerprint density at radius 2 is 1.77 bits per heavy atom. The average Bonchev–Trinajstić information content (AvgIpc) is 2.78. The Balaban J connectivity index is 1.70. The van der Waals surface area contributed by atoms with Gasteiger partial charge in [-0.15, -0.1) is 0 Å². The summed E-state index contributed by atoms with van der Waals surface area (Å²) in [5.41, 5.74) is 3.10. The van der Waals surface area contributed by atoms with E-state index in [9.17, 15) is 0 Å². The molecule has 0 aliphatic heterocycles. The van der Waals surface area contributed by atoms with E-state index in [0.29, 0.717) is 12.0 Å². The Morgan fingerprint density at radius 1 is 1.03 bits per heavy atom. The van der Waals surface area contributed by atoms with Crippen molar-refractivity contribution in [3.63, 3.8) is 0 Å². The van der Waals surface area contributed by atoms with Crippen molar-refractivity contribution < 1.29 is 4.74 Å². The molecule has 0 bridgehead atoms. The highest BCUT2D eigenvalue weighted by molar-refractivity contribution is 6.30. The van der Waals surface area contributed by atoms with Gasteiger partial charge in [0, 0.05) is 29.4 Å². The third-order valence-corrected chi connectivity index (χ3v) is 6.16. The number of nitrogens with two attached hydrogens (primary N) is 1. The van der Waals surface area contributed by atoms with E-state index in [4.69, 9.17) is 32.1 Å². The van der Waals surface area contributed by atoms with Gasteiger partial charge in [-0.25, -0.2) is 15.0 Å². The van der Waals surface area contributed by atoms with Crippen LogP contribution in [0.1, 0.15) is 48.7 Å². The molecule has 0 atom stereocenters. The number of methoxy groups -OCH3 is 1. The lowest BCUT2D eigenvalue weighted by atomic mass is 9.82. The van der Waals surface area contributed by atoms with Gasteiger partial charge in [0.05, 0.1) is 18.3 Å². The smallest absolute Gasteiger partial charge is 0.152 e. The first-order valence-electron chi connectivity index (χ1n) is 10.3. The molecule has 1 saturated carbocycles. The van der Waals surface area contributed by atoms with Crippen LogP contribution in [0.25, 0.3) is 23.1 Å². The van der Waals surface area contributed by atoms with Gasteiger partial charge in [-0.3, -0.25) is 5.84 Å². The van der Waals surface area contributed by atoms with E-state index in [1.165, 1.54) is 0 Å². The Bertz CT molecular complexity index is 1040. The molecule has 1 fully saturated rings.